The first-order chi connectivity index (χ1) is 9.08. The number of amides is 1. The van der Waals surface area contributed by atoms with E-state index in [1.165, 1.54) is 18.3 Å². The number of carbonyl (C=O) groups excluding carboxylic acids is 1. The van der Waals surface area contributed by atoms with Crippen LogP contribution in [0.4, 0.5) is 0 Å². The SMILES string of the molecule is CN(Cc1ccsc1)C(=O)c1ccnc(C(=O)O)c1. The number of carboxylic acids is 1. The van der Waals surface area contributed by atoms with Crippen molar-refractivity contribution in [1.29, 1.82) is 0 Å². The summed E-state index contributed by atoms with van der Waals surface area (Å²) in [6.07, 6.45) is 1.33. The van der Waals surface area contributed by atoms with Gasteiger partial charge in [0.15, 0.2) is 0 Å². The molecule has 0 atom stereocenters. The molecule has 1 amide bonds. The number of hydrogen-bond donors (Lipinski definition) is 1. The first-order valence-corrected chi connectivity index (χ1v) is 6.48. The lowest BCUT2D eigenvalue weighted by Crippen LogP contribution is -2.26. The molecular weight excluding hydrogens is 264 g/mol. The number of aromatic nitrogens is 1. The summed E-state index contributed by atoms with van der Waals surface area (Å²) in [5, 5.41) is 12.8. The molecule has 2 heterocycles. The van der Waals surface area contributed by atoms with Crippen molar-refractivity contribution in [2.24, 2.45) is 0 Å². The lowest BCUT2D eigenvalue weighted by atomic mass is 10.2. The third-order valence-corrected chi connectivity index (χ3v) is 3.30. The summed E-state index contributed by atoms with van der Waals surface area (Å²) >= 11 is 1.57. The van der Waals surface area contributed by atoms with Gasteiger partial charge in [-0.15, -0.1) is 0 Å². The smallest absolute Gasteiger partial charge is 0.354 e. The Bertz CT molecular complexity index is 596. The molecule has 2 rings (SSSR count). The first-order valence-electron chi connectivity index (χ1n) is 5.54. The number of carboxylic acid groups (broad SMARTS) is 1. The Labute approximate surface area is 114 Å². The minimum absolute atomic E-state index is 0.130. The van der Waals surface area contributed by atoms with E-state index in [0.717, 1.165) is 5.56 Å². The molecule has 0 aliphatic carbocycles. The van der Waals surface area contributed by atoms with Crippen LogP contribution in [0.5, 0.6) is 0 Å². The van der Waals surface area contributed by atoms with Crippen molar-refractivity contribution in [2.75, 3.05) is 7.05 Å². The van der Waals surface area contributed by atoms with Gasteiger partial charge >= 0.3 is 5.97 Å². The van der Waals surface area contributed by atoms with E-state index in [0.29, 0.717) is 12.1 Å². The fourth-order valence-electron chi connectivity index (χ4n) is 1.63. The molecule has 0 aliphatic heterocycles. The minimum atomic E-state index is -1.14. The van der Waals surface area contributed by atoms with Crippen LogP contribution in [0.3, 0.4) is 0 Å². The molecule has 0 aliphatic rings. The van der Waals surface area contributed by atoms with Crippen molar-refractivity contribution in [1.82, 2.24) is 9.88 Å². The second kappa shape index (κ2) is 5.62. The van der Waals surface area contributed by atoms with Gasteiger partial charge < -0.3 is 10.0 Å². The minimum Gasteiger partial charge on any atom is -0.477 e. The molecule has 0 aromatic carbocycles. The van der Waals surface area contributed by atoms with E-state index in [1.807, 2.05) is 16.8 Å². The highest BCUT2D eigenvalue weighted by Gasteiger charge is 2.14. The molecule has 0 saturated carbocycles. The summed E-state index contributed by atoms with van der Waals surface area (Å²) in [6.45, 7) is 0.493. The molecule has 0 spiro atoms. The quantitative estimate of drug-likeness (QED) is 0.928. The normalized spacial score (nSPS) is 10.2. The summed E-state index contributed by atoms with van der Waals surface area (Å²) < 4.78 is 0. The molecule has 0 unspecified atom stereocenters. The Morgan fingerprint density at radius 1 is 1.42 bits per heavy atom. The summed E-state index contributed by atoms with van der Waals surface area (Å²) in [6, 6.07) is 4.75. The molecule has 19 heavy (non-hydrogen) atoms. The van der Waals surface area contributed by atoms with E-state index >= 15 is 0 Å². The van der Waals surface area contributed by atoms with E-state index < -0.39 is 5.97 Å². The standard InChI is InChI=1S/C13H12N2O3S/c1-15(7-9-3-5-19-8-9)12(16)10-2-4-14-11(6-10)13(17)18/h2-6,8H,7H2,1H3,(H,17,18). The van der Waals surface area contributed by atoms with Crippen molar-refractivity contribution in [2.45, 2.75) is 6.54 Å². The second-order valence-corrected chi connectivity index (χ2v) is 4.81. The molecule has 0 saturated heterocycles. The Hall–Kier alpha value is -2.21. The van der Waals surface area contributed by atoms with Gasteiger partial charge in [0.1, 0.15) is 5.69 Å². The van der Waals surface area contributed by atoms with Gasteiger partial charge in [-0.1, -0.05) is 0 Å². The molecule has 2 aromatic heterocycles. The average Bonchev–Trinajstić information content (AvgIpc) is 2.90. The molecule has 5 nitrogen and oxygen atoms in total. The monoisotopic (exact) mass is 276 g/mol. The largest absolute Gasteiger partial charge is 0.477 e. The van der Waals surface area contributed by atoms with Crippen molar-refractivity contribution >= 4 is 23.2 Å². The van der Waals surface area contributed by atoms with E-state index in [2.05, 4.69) is 4.98 Å². The number of pyridine rings is 1. The number of aromatic carboxylic acids is 1. The van der Waals surface area contributed by atoms with Crippen LogP contribution >= 0.6 is 11.3 Å². The Morgan fingerprint density at radius 2 is 2.21 bits per heavy atom. The maximum Gasteiger partial charge on any atom is 0.354 e. The van der Waals surface area contributed by atoms with E-state index in [-0.39, 0.29) is 11.6 Å². The van der Waals surface area contributed by atoms with Gasteiger partial charge in [-0.3, -0.25) is 4.79 Å². The highest BCUT2D eigenvalue weighted by Crippen LogP contribution is 2.11. The van der Waals surface area contributed by atoms with Crippen molar-refractivity contribution in [3.63, 3.8) is 0 Å². The zero-order valence-electron chi connectivity index (χ0n) is 10.2. The van der Waals surface area contributed by atoms with Crippen molar-refractivity contribution in [3.05, 3.63) is 52.0 Å². The molecule has 98 valence electrons. The van der Waals surface area contributed by atoms with E-state index in [4.69, 9.17) is 5.11 Å². The lowest BCUT2D eigenvalue weighted by molar-refractivity contribution is 0.0690. The Kier molecular flexibility index (Phi) is 3.91. The van der Waals surface area contributed by atoms with Crippen LogP contribution in [0.1, 0.15) is 26.4 Å². The maximum atomic E-state index is 12.2. The maximum absolute atomic E-state index is 12.2. The van der Waals surface area contributed by atoms with Crippen LogP contribution in [-0.4, -0.2) is 33.9 Å². The highest BCUT2D eigenvalue weighted by atomic mass is 32.1. The molecule has 2 aromatic rings. The number of rotatable bonds is 4. The predicted octanol–water partition coefficient (Wildman–Crippen LogP) is 2.11. The van der Waals surface area contributed by atoms with Crippen LogP contribution in [-0.2, 0) is 6.54 Å². The van der Waals surface area contributed by atoms with Crippen LogP contribution in [0.15, 0.2) is 35.2 Å². The molecule has 0 fully saturated rings. The van der Waals surface area contributed by atoms with Crippen LogP contribution in [0, 0.1) is 0 Å². The number of hydrogen-bond acceptors (Lipinski definition) is 4. The molecule has 1 N–H and O–H groups in total. The van der Waals surface area contributed by atoms with Gasteiger partial charge in [0.05, 0.1) is 0 Å². The molecule has 0 radical (unpaired) electrons. The molecule has 0 bridgehead atoms. The highest BCUT2D eigenvalue weighted by molar-refractivity contribution is 7.07. The van der Waals surface area contributed by atoms with E-state index in [1.54, 1.807) is 23.3 Å². The van der Waals surface area contributed by atoms with Crippen molar-refractivity contribution in [3.8, 4) is 0 Å². The van der Waals surface area contributed by atoms with Gasteiger partial charge in [0.2, 0.25) is 0 Å². The second-order valence-electron chi connectivity index (χ2n) is 4.03. The lowest BCUT2D eigenvalue weighted by Gasteiger charge is -2.16. The van der Waals surface area contributed by atoms with Gasteiger partial charge in [-0.05, 0) is 34.5 Å². The third kappa shape index (κ3) is 3.17. The van der Waals surface area contributed by atoms with Gasteiger partial charge in [-0.25, -0.2) is 9.78 Å². The topological polar surface area (TPSA) is 70.5 Å². The Balaban J connectivity index is 2.14. The van der Waals surface area contributed by atoms with Crippen molar-refractivity contribution < 1.29 is 14.7 Å². The number of thiophene rings is 1. The Morgan fingerprint density at radius 3 is 2.84 bits per heavy atom. The zero-order valence-corrected chi connectivity index (χ0v) is 11.1. The van der Waals surface area contributed by atoms with Gasteiger partial charge in [0.25, 0.3) is 5.91 Å². The first kappa shape index (κ1) is 13.2. The third-order valence-electron chi connectivity index (χ3n) is 2.57. The fourth-order valence-corrected chi connectivity index (χ4v) is 2.29. The fraction of sp³-hybridized carbons (Fsp3) is 0.154. The van der Waals surface area contributed by atoms with E-state index in [9.17, 15) is 9.59 Å². The predicted molar refractivity (Wildman–Crippen MR) is 71.3 cm³/mol. The summed E-state index contributed by atoms with van der Waals surface area (Å²) in [4.78, 5) is 28.2. The van der Waals surface area contributed by atoms with Gasteiger partial charge in [-0.2, -0.15) is 11.3 Å². The number of nitrogens with zero attached hydrogens (tertiary/aromatic N) is 2. The van der Waals surface area contributed by atoms with Crippen LogP contribution < -0.4 is 0 Å². The molecule has 6 heteroatoms. The summed E-state index contributed by atoms with van der Waals surface area (Å²) in [5.41, 5.74) is 1.24. The average molecular weight is 276 g/mol. The van der Waals surface area contributed by atoms with Crippen LogP contribution in [0.2, 0.25) is 0 Å². The zero-order chi connectivity index (χ0) is 13.8. The summed E-state index contributed by atoms with van der Waals surface area (Å²) in [5.74, 6) is -1.37. The number of carbonyl (C=O) groups is 2. The van der Waals surface area contributed by atoms with Crippen LogP contribution in [0.25, 0.3) is 0 Å². The summed E-state index contributed by atoms with van der Waals surface area (Å²) in [7, 11) is 1.68. The van der Waals surface area contributed by atoms with Gasteiger partial charge in [0, 0.05) is 25.4 Å². The molecular formula is C13H12N2O3S.